The van der Waals surface area contributed by atoms with Crippen LogP contribution in [0.5, 0.6) is 0 Å². The molecule has 0 spiro atoms. The van der Waals surface area contributed by atoms with Crippen LogP contribution in [0.25, 0.3) is 16.9 Å². The van der Waals surface area contributed by atoms with Gasteiger partial charge in [0.15, 0.2) is 22.1 Å². The average Bonchev–Trinajstić information content (AvgIpc) is 3.41. The molecule has 0 bridgehead atoms. The molecule has 0 aliphatic carbocycles. The van der Waals surface area contributed by atoms with E-state index in [1.54, 1.807) is 6.07 Å². The standard InChI is InChI=1S/C23H23N3O5S/c1-25(19-12-13-32(29,30)16-19)22(27)15-31-23(28)21-14-20(17-8-4-2-5-9-17)24-26(21)18-10-6-3-7-11-18/h2-11,14,19H,12-13,15-16H2,1H3. The number of carbonyl (C=O) groups excluding carboxylic acids is 2. The summed E-state index contributed by atoms with van der Waals surface area (Å²) >= 11 is 0. The molecule has 0 radical (unpaired) electrons. The Labute approximate surface area is 186 Å². The van der Waals surface area contributed by atoms with E-state index in [2.05, 4.69) is 5.10 Å². The topological polar surface area (TPSA) is 98.6 Å². The van der Waals surface area contributed by atoms with Gasteiger partial charge in [-0.15, -0.1) is 0 Å². The van der Waals surface area contributed by atoms with Crippen molar-refractivity contribution in [3.05, 3.63) is 72.4 Å². The Bertz CT molecular complexity index is 1220. The molecule has 1 atom stereocenters. The SMILES string of the molecule is CN(C(=O)COC(=O)c1cc(-c2ccccc2)nn1-c1ccccc1)C1CCS(=O)(=O)C1. The Morgan fingerprint density at radius 2 is 1.75 bits per heavy atom. The van der Waals surface area contributed by atoms with E-state index in [0.29, 0.717) is 17.8 Å². The molecule has 0 N–H and O–H groups in total. The molecule has 1 saturated heterocycles. The van der Waals surface area contributed by atoms with Gasteiger partial charge in [-0.1, -0.05) is 48.5 Å². The third kappa shape index (κ3) is 4.72. The zero-order valence-corrected chi connectivity index (χ0v) is 18.4. The molecule has 166 valence electrons. The van der Waals surface area contributed by atoms with Crippen molar-refractivity contribution >= 4 is 21.7 Å². The molecule has 2 heterocycles. The zero-order valence-electron chi connectivity index (χ0n) is 17.5. The highest BCUT2D eigenvalue weighted by Gasteiger charge is 2.33. The second-order valence-electron chi connectivity index (χ2n) is 7.67. The van der Waals surface area contributed by atoms with Gasteiger partial charge >= 0.3 is 5.97 Å². The van der Waals surface area contributed by atoms with Crippen molar-refractivity contribution in [3.63, 3.8) is 0 Å². The van der Waals surface area contributed by atoms with Crippen molar-refractivity contribution in [1.29, 1.82) is 0 Å². The molecule has 32 heavy (non-hydrogen) atoms. The summed E-state index contributed by atoms with van der Waals surface area (Å²) in [5.41, 5.74) is 2.31. The van der Waals surface area contributed by atoms with Crippen molar-refractivity contribution in [2.75, 3.05) is 25.2 Å². The van der Waals surface area contributed by atoms with Crippen molar-refractivity contribution in [1.82, 2.24) is 14.7 Å². The maximum Gasteiger partial charge on any atom is 0.357 e. The Morgan fingerprint density at radius 3 is 2.38 bits per heavy atom. The average molecular weight is 454 g/mol. The summed E-state index contributed by atoms with van der Waals surface area (Å²) in [6.07, 6.45) is 0.389. The molecule has 1 aliphatic heterocycles. The molecule has 9 heteroatoms. The lowest BCUT2D eigenvalue weighted by atomic mass is 10.1. The van der Waals surface area contributed by atoms with Gasteiger partial charge in [-0.3, -0.25) is 4.79 Å². The zero-order chi connectivity index (χ0) is 22.7. The van der Waals surface area contributed by atoms with Gasteiger partial charge in [0.25, 0.3) is 5.91 Å². The van der Waals surface area contributed by atoms with Crippen molar-refractivity contribution < 1.29 is 22.7 Å². The minimum atomic E-state index is -3.12. The highest BCUT2D eigenvalue weighted by molar-refractivity contribution is 7.91. The monoisotopic (exact) mass is 453 g/mol. The number of rotatable bonds is 6. The summed E-state index contributed by atoms with van der Waals surface area (Å²) in [5, 5.41) is 4.57. The van der Waals surface area contributed by atoms with E-state index >= 15 is 0 Å². The van der Waals surface area contributed by atoms with Crippen LogP contribution in [0.2, 0.25) is 0 Å². The largest absolute Gasteiger partial charge is 0.451 e. The third-order valence-electron chi connectivity index (χ3n) is 5.47. The number of nitrogens with zero attached hydrogens (tertiary/aromatic N) is 3. The molecular weight excluding hydrogens is 430 g/mol. The number of hydrogen-bond acceptors (Lipinski definition) is 6. The summed E-state index contributed by atoms with van der Waals surface area (Å²) in [4.78, 5) is 26.7. The predicted octanol–water partition coefficient (Wildman–Crippen LogP) is 2.34. The van der Waals surface area contributed by atoms with E-state index in [1.165, 1.54) is 16.6 Å². The van der Waals surface area contributed by atoms with Crippen LogP contribution < -0.4 is 0 Å². The normalized spacial score (nSPS) is 17.1. The van der Waals surface area contributed by atoms with E-state index < -0.39 is 34.4 Å². The number of aromatic nitrogens is 2. The number of para-hydroxylation sites is 1. The van der Waals surface area contributed by atoms with Gasteiger partial charge in [-0.25, -0.2) is 17.9 Å². The maximum absolute atomic E-state index is 12.9. The maximum atomic E-state index is 12.9. The fourth-order valence-electron chi connectivity index (χ4n) is 3.63. The van der Waals surface area contributed by atoms with Crippen LogP contribution in [-0.4, -0.2) is 66.2 Å². The van der Waals surface area contributed by atoms with Gasteiger partial charge in [0.1, 0.15) is 0 Å². The summed E-state index contributed by atoms with van der Waals surface area (Å²) in [5.74, 6) is -1.14. The molecule has 8 nitrogen and oxygen atoms in total. The highest BCUT2D eigenvalue weighted by Crippen LogP contribution is 2.22. The molecule has 1 fully saturated rings. The predicted molar refractivity (Wildman–Crippen MR) is 119 cm³/mol. The van der Waals surface area contributed by atoms with E-state index in [1.807, 2.05) is 60.7 Å². The second kappa shape index (κ2) is 8.96. The van der Waals surface area contributed by atoms with Crippen molar-refractivity contribution in [3.8, 4) is 16.9 Å². The lowest BCUT2D eigenvalue weighted by Crippen LogP contribution is -2.40. The van der Waals surface area contributed by atoms with Crippen LogP contribution in [-0.2, 0) is 19.4 Å². The van der Waals surface area contributed by atoms with E-state index in [9.17, 15) is 18.0 Å². The minimum absolute atomic E-state index is 0.0631. The first-order valence-electron chi connectivity index (χ1n) is 10.2. The molecule has 4 rings (SSSR count). The van der Waals surface area contributed by atoms with Crippen LogP contribution >= 0.6 is 0 Å². The fourth-order valence-corrected chi connectivity index (χ4v) is 5.40. The van der Waals surface area contributed by atoms with Gasteiger partial charge in [0.2, 0.25) is 0 Å². The van der Waals surface area contributed by atoms with E-state index in [4.69, 9.17) is 4.74 Å². The fraction of sp³-hybridized carbons (Fsp3) is 0.261. The lowest BCUT2D eigenvalue weighted by molar-refractivity contribution is -0.134. The number of esters is 1. The van der Waals surface area contributed by atoms with E-state index in [0.717, 1.165) is 5.56 Å². The number of sulfone groups is 1. The third-order valence-corrected chi connectivity index (χ3v) is 7.22. The van der Waals surface area contributed by atoms with Gasteiger partial charge in [-0.05, 0) is 24.6 Å². The summed E-state index contributed by atoms with van der Waals surface area (Å²) < 4.78 is 30.1. The van der Waals surface area contributed by atoms with Gasteiger partial charge in [0, 0.05) is 18.7 Å². The second-order valence-corrected chi connectivity index (χ2v) is 9.89. The first-order chi connectivity index (χ1) is 15.3. The van der Waals surface area contributed by atoms with Crippen LogP contribution in [0.3, 0.4) is 0 Å². The molecule has 1 unspecified atom stereocenters. The molecule has 3 aromatic rings. The number of hydrogen-bond donors (Lipinski definition) is 0. The summed E-state index contributed by atoms with van der Waals surface area (Å²) in [7, 11) is -1.59. The molecule has 1 aromatic heterocycles. The first kappa shape index (κ1) is 21.8. The number of ether oxygens (including phenoxy) is 1. The van der Waals surface area contributed by atoms with Crippen LogP contribution in [0.1, 0.15) is 16.9 Å². The Kier molecular flexibility index (Phi) is 6.09. The molecule has 1 aliphatic rings. The molecule has 1 amide bonds. The van der Waals surface area contributed by atoms with Crippen molar-refractivity contribution in [2.45, 2.75) is 12.5 Å². The smallest absolute Gasteiger partial charge is 0.357 e. The Morgan fingerprint density at radius 1 is 1.09 bits per heavy atom. The lowest BCUT2D eigenvalue weighted by Gasteiger charge is -2.23. The number of benzene rings is 2. The molecule has 2 aromatic carbocycles. The van der Waals surface area contributed by atoms with Crippen LogP contribution in [0.15, 0.2) is 66.7 Å². The Balaban J connectivity index is 1.52. The quantitative estimate of drug-likeness (QED) is 0.532. The van der Waals surface area contributed by atoms with Gasteiger partial charge in [-0.2, -0.15) is 5.10 Å². The van der Waals surface area contributed by atoms with E-state index in [-0.39, 0.29) is 17.2 Å². The summed E-state index contributed by atoms with van der Waals surface area (Å²) in [6, 6.07) is 19.8. The summed E-state index contributed by atoms with van der Waals surface area (Å²) in [6.45, 7) is -0.480. The first-order valence-corrected chi connectivity index (χ1v) is 12.0. The van der Waals surface area contributed by atoms with Crippen LogP contribution in [0.4, 0.5) is 0 Å². The highest BCUT2D eigenvalue weighted by atomic mass is 32.2. The minimum Gasteiger partial charge on any atom is -0.451 e. The van der Waals surface area contributed by atoms with Gasteiger partial charge in [0.05, 0.1) is 22.9 Å². The Hall–Kier alpha value is -3.46. The molecular formula is C23H23N3O5S. The van der Waals surface area contributed by atoms with Crippen LogP contribution in [0, 0.1) is 0 Å². The number of likely N-dealkylation sites (N-methyl/N-ethyl adjacent to an activating group) is 1. The number of amides is 1. The number of carbonyl (C=O) groups is 2. The molecule has 0 saturated carbocycles. The van der Waals surface area contributed by atoms with Crippen molar-refractivity contribution in [2.24, 2.45) is 0 Å². The van der Waals surface area contributed by atoms with Gasteiger partial charge < -0.3 is 9.64 Å².